The Hall–Kier alpha value is -1.17. The first-order chi connectivity index (χ1) is 10.0. The number of carbonyl (C=O) groups is 1. The van der Waals surface area contributed by atoms with Crippen molar-refractivity contribution in [3.63, 3.8) is 0 Å². The van der Waals surface area contributed by atoms with Crippen molar-refractivity contribution in [1.82, 2.24) is 10.6 Å². The Kier molecular flexibility index (Phi) is 5.56. The smallest absolute Gasteiger partial charge is 0.237 e. The van der Waals surface area contributed by atoms with Crippen LogP contribution >= 0.6 is 11.6 Å². The van der Waals surface area contributed by atoms with Crippen LogP contribution in [0.15, 0.2) is 18.2 Å². The first-order valence-corrected chi connectivity index (χ1v) is 7.49. The number of rotatable bonds is 5. The summed E-state index contributed by atoms with van der Waals surface area (Å²) in [5, 5.41) is 15.1. The Bertz CT molecular complexity index is 512. The quantitative estimate of drug-likeness (QED) is 0.779. The largest absolute Gasteiger partial charge is 0.396 e. The second-order valence-electron chi connectivity index (χ2n) is 5.52. The number of nitrogens with one attached hydrogen (secondary N) is 2. The van der Waals surface area contributed by atoms with Gasteiger partial charge in [0, 0.05) is 12.2 Å². The Morgan fingerprint density at radius 3 is 3.00 bits per heavy atom. The lowest BCUT2D eigenvalue weighted by molar-refractivity contribution is -0.123. The zero-order valence-electron chi connectivity index (χ0n) is 11.9. The lowest BCUT2D eigenvalue weighted by Crippen LogP contribution is -2.42. The van der Waals surface area contributed by atoms with E-state index in [1.165, 1.54) is 6.07 Å². The van der Waals surface area contributed by atoms with Gasteiger partial charge in [0.1, 0.15) is 5.82 Å². The van der Waals surface area contributed by atoms with Gasteiger partial charge in [-0.15, -0.1) is 0 Å². The van der Waals surface area contributed by atoms with Crippen molar-refractivity contribution in [1.29, 1.82) is 0 Å². The van der Waals surface area contributed by atoms with Crippen LogP contribution in [0.3, 0.4) is 0 Å². The van der Waals surface area contributed by atoms with Gasteiger partial charge in [-0.05, 0) is 31.4 Å². The van der Waals surface area contributed by atoms with Gasteiger partial charge in [-0.1, -0.05) is 30.7 Å². The summed E-state index contributed by atoms with van der Waals surface area (Å²) in [6.07, 6.45) is 1.00. The number of hydrogen-bond acceptors (Lipinski definition) is 3. The molecule has 0 unspecified atom stereocenters. The van der Waals surface area contributed by atoms with Crippen LogP contribution < -0.4 is 10.6 Å². The van der Waals surface area contributed by atoms with E-state index < -0.39 is 11.9 Å². The fourth-order valence-corrected chi connectivity index (χ4v) is 2.79. The molecular formula is C15H20ClFN2O2. The van der Waals surface area contributed by atoms with Crippen molar-refractivity contribution in [3.05, 3.63) is 34.6 Å². The molecule has 0 saturated carbocycles. The lowest BCUT2D eigenvalue weighted by Gasteiger charge is -2.21. The molecule has 1 aromatic rings. The molecule has 1 aromatic carbocycles. The van der Waals surface area contributed by atoms with Crippen LogP contribution in [0.1, 0.15) is 31.4 Å². The van der Waals surface area contributed by atoms with Crippen molar-refractivity contribution in [2.45, 2.75) is 31.8 Å². The molecular weight excluding hydrogens is 295 g/mol. The summed E-state index contributed by atoms with van der Waals surface area (Å²) in [6.45, 7) is 2.72. The molecule has 1 aliphatic rings. The van der Waals surface area contributed by atoms with E-state index in [4.69, 9.17) is 16.7 Å². The summed E-state index contributed by atoms with van der Waals surface area (Å²) >= 11 is 5.78. The van der Waals surface area contributed by atoms with E-state index in [1.807, 2.05) is 0 Å². The highest BCUT2D eigenvalue weighted by Gasteiger charge is 2.29. The van der Waals surface area contributed by atoms with Gasteiger partial charge in [-0.25, -0.2) is 4.39 Å². The molecule has 2 rings (SSSR count). The first-order valence-electron chi connectivity index (χ1n) is 7.11. The third-order valence-electron chi connectivity index (χ3n) is 3.76. The van der Waals surface area contributed by atoms with Crippen molar-refractivity contribution in [2.24, 2.45) is 5.92 Å². The van der Waals surface area contributed by atoms with E-state index in [9.17, 15) is 9.18 Å². The fourth-order valence-electron chi connectivity index (χ4n) is 2.61. The molecule has 0 aromatic heterocycles. The van der Waals surface area contributed by atoms with Crippen LogP contribution in [-0.2, 0) is 4.79 Å². The zero-order valence-corrected chi connectivity index (χ0v) is 12.7. The highest BCUT2D eigenvalue weighted by molar-refractivity contribution is 6.30. The molecule has 3 N–H and O–H groups in total. The average molecular weight is 315 g/mol. The molecule has 4 nitrogen and oxygen atoms in total. The number of aliphatic hydroxyl groups is 1. The molecule has 3 atom stereocenters. The number of halogens is 2. The van der Waals surface area contributed by atoms with Gasteiger partial charge in [-0.2, -0.15) is 0 Å². The SMILES string of the molecule is C[C@@H]1CN[C@H](C(=O)N[C@H](CCO)c2cccc(Cl)c2F)C1. The minimum Gasteiger partial charge on any atom is -0.396 e. The first kappa shape index (κ1) is 16.2. The van der Waals surface area contributed by atoms with E-state index in [0.29, 0.717) is 11.5 Å². The molecule has 1 aliphatic heterocycles. The summed E-state index contributed by atoms with van der Waals surface area (Å²) in [7, 11) is 0. The Morgan fingerprint density at radius 1 is 1.62 bits per heavy atom. The third-order valence-corrected chi connectivity index (χ3v) is 4.05. The normalized spacial score (nSPS) is 23.0. The van der Waals surface area contributed by atoms with E-state index in [-0.39, 0.29) is 30.0 Å². The minimum absolute atomic E-state index is 0.0114. The van der Waals surface area contributed by atoms with Gasteiger partial charge in [0.25, 0.3) is 0 Å². The van der Waals surface area contributed by atoms with Crippen LogP contribution in [0.5, 0.6) is 0 Å². The van der Waals surface area contributed by atoms with Gasteiger partial charge in [0.2, 0.25) is 5.91 Å². The molecule has 116 valence electrons. The predicted molar refractivity (Wildman–Crippen MR) is 79.6 cm³/mol. The predicted octanol–water partition coefficient (Wildman–Crippen LogP) is 2.02. The maximum Gasteiger partial charge on any atom is 0.237 e. The number of amides is 1. The number of carbonyl (C=O) groups excluding carboxylic acids is 1. The van der Waals surface area contributed by atoms with Crippen molar-refractivity contribution in [2.75, 3.05) is 13.2 Å². The molecule has 1 heterocycles. The van der Waals surface area contributed by atoms with Gasteiger partial charge in [0.05, 0.1) is 17.1 Å². The molecule has 0 spiro atoms. The topological polar surface area (TPSA) is 61.4 Å². The van der Waals surface area contributed by atoms with Crippen molar-refractivity contribution in [3.8, 4) is 0 Å². The van der Waals surface area contributed by atoms with Crippen LogP contribution in [0, 0.1) is 11.7 Å². The maximum absolute atomic E-state index is 14.1. The lowest BCUT2D eigenvalue weighted by atomic mass is 10.0. The molecule has 6 heteroatoms. The van der Waals surface area contributed by atoms with Crippen LogP contribution in [0.4, 0.5) is 4.39 Å². The molecule has 1 saturated heterocycles. The third kappa shape index (κ3) is 3.93. The van der Waals surface area contributed by atoms with E-state index in [1.54, 1.807) is 12.1 Å². The second-order valence-corrected chi connectivity index (χ2v) is 5.93. The number of hydrogen-bond donors (Lipinski definition) is 3. The molecule has 0 bridgehead atoms. The van der Waals surface area contributed by atoms with E-state index in [0.717, 1.165) is 13.0 Å². The summed E-state index contributed by atoms with van der Waals surface area (Å²) < 4.78 is 14.1. The molecule has 1 fully saturated rings. The van der Waals surface area contributed by atoms with Gasteiger partial charge in [-0.3, -0.25) is 4.79 Å². The minimum atomic E-state index is -0.584. The molecule has 0 radical (unpaired) electrons. The van der Waals surface area contributed by atoms with Crippen molar-refractivity contribution < 1.29 is 14.3 Å². The summed E-state index contributed by atoms with van der Waals surface area (Å²) in [5.74, 6) is -0.275. The van der Waals surface area contributed by atoms with Crippen molar-refractivity contribution >= 4 is 17.5 Å². The maximum atomic E-state index is 14.1. The summed E-state index contributed by atoms with van der Waals surface area (Å²) in [5.41, 5.74) is 0.302. The van der Waals surface area contributed by atoms with Crippen LogP contribution in [0.25, 0.3) is 0 Å². The summed E-state index contributed by atoms with van der Waals surface area (Å²) in [6, 6.07) is 3.82. The average Bonchev–Trinajstić information content (AvgIpc) is 2.88. The summed E-state index contributed by atoms with van der Waals surface area (Å²) in [4.78, 5) is 12.2. The van der Waals surface area contributed by atoms with Gasteiger partial charge < -0.3 is 15.7 Å². The monoisotopic (exact) mass is 314 g/mol. The van der Waals surface area contributed by atoms with Crippen LogP contribution in [0.2, 0.25) is 5.02 Å². The Balaban J connectivity index is 2.12. The highest BCUT2D eigenvalue weighted by atomic mass is 35.5. The van der Waals surface area contributed by atoms with E-state index in [2.05, 4.69) is 17.6 Å². The number of benzene rings is 1. The van der Waals surface area contributed by atoms with Crippen LogP contribution in [-0.4, -0.2) is 30.2 Å². The fraction of sp³-hybridized carbons (Fsp3) is 0.533. The van der Waals surface area contributed by atoms with E-state index >= 15 is 0 Å². The van der Waals surface area contributed by atoms with Gasteiger partial charge in [0.15, 0.2) is 0 Å². The second kappa shape index (κ2) is 7.20. The molecule has 1 amide bonds. The highest BCUT2D eigenvalue weighted by Crippen LogP contribution is 2.26. The molecule has 0 aliphatic carbocycles. The Labute approximate surface area is 128 Å². The standard InChI is InChI=1S/C15H20ClFN2O2/c1-9-7-13(18-8-9)15(21)19-12(5-6-20)10-3-2-4-11(16)14(10)17/h2-4,9,12-13,18,20H,5-8H2,1H3,(H,19,21)/t9-,12+,13-/m0/s1. The zero-order chi connectivity index (χ0) is 15.4. The van der Waals surface area contributed by atoms with Gasteiger partial charge >= 0.3 is 0 Å². The molecule has 21 heavy (non-hydrogen) atoms. The Morgan fingerprint density at radius 2 is 2.38 bits per heavy atom. The number of aliphatic hydroxyl groups excluding tert-OH is 1.